The number of fused-ring (bicyclic) bond motifs is 4. The fourth-order valence-electron chi connectivity index (χ4n) is 8.01. The van der Waals surface area contributed by atoms with E-state index in [0.29, 0.717) is 0 Å². The molecule has 0 aliphatic heterocycles. The van der Waals surface area contributed by atoms with Crippen LogP contribution in [0.25, 0.3) is 71.6 Å². The Morgan fingerprint density at radius 1 is 0.315 bits per heavy atom. The molecule has 2 nitrogen and oxygen atoms in total. The summed E-state index contributed by atoms with van der Waals surface area (Å²) in [7, 11) is 0. The zero-order valence-electron chi connectivity index (χ0n) is 29.7. The van der Waals surface area contributed by atoms with E-state index in [1.165, 1.54) is 71.6 Å². The molecule has 10 rings (SSSR count). The van der Waals surface area contributed by atoms with Crippen molar-refractivity contribution in [2.45, 2.75) is 0 Å². The molecular weight excluding hydrogens is 653 g/mol. The summed E-state index contributed by atoms with van der Waals surface area (Å²) in [5, 5.41) is 4.95. The molecule has 9 aromatic carbocycles. The lowest BCUT2D eigenvalue weighted by molar-refractivity contribution is 1.18. The van der Waals surface area contributed by atoms with Crippen LogP contribution in [-0.4, -0.2) is 4.57 Å². The molecule has 0 radical (unpaired) electrons. The van der Waals surface area contributed by atoms with Gasteiger partial charge in [-0.25, -0.2) is 0 Å². The van der Waals surface area contributed by atoms with Gasteiger partial charge in [0.2, 0.25) is 0 Å². The van der Waals surface area contributed by atoms with Gasteiger partial charge in [-0.05, 0) is 81.7 Å². The molecule has 0 bridgehead atoms. The molecule has 0 aliphatic rings. The minimum absolute atomic E-state index is 1.11. The van der Waals surface area contributed by atoms with Crippen molar-refractivity contribution in [2.75, 3.05) is 4.90 Å². The molecule has 0 N–H and O–H groups in total. The van der Waals surface area contributed by atoms with Crippen LogP contribution in [-0.2, 0) is 0 Å². The predicted octanol–water partition coefficient (Wildman–Crippen LogP) is 14.4. The molecule has 254 valence electrons. The molecule has 54 heavy (non-hydrogen) atoms. The predicted molar refractivity (Wildman–Crippen MR) is 229 cm³/mol. The maximum atomic E-state index is 2.41. The average molecular weight is 689 g/mol. The summed E-state index contributed by atoms with van der Waals surface area (Å²) in [5.74, 6) is 0. The Kier molecular flexibility index (Phi) is 7.85. The summed E-state index contributed by atoms with van der Waals surface area (Å²) >= 11 is 0. The molecule has 0 unspecified atom stereocenters. The molecule has 0 amide bonds. The normalized spacial score (nSPS) is 11.3. The van der Waals surface area contributed by atoms with Crippen LogP contribution >= 0.6 is 0 Å². The lowest BCUT2D eigenvalue weighted by atomic mass is 9.97. The third-order valence-corrected chi connectivity index (χ3v) is 10.6. The van der Waals surface area contributed by atoms with E-state index in [1.54, 1.807) is 0 Å². The van der Waals surface area contributed by atoms with Crippen LogP contribution in [0.15, 0.2) is 218 Å². The fourth-order valence-corrected chi connectivity index (χ4v) is 8.01. The number of hydrogen-bond donors (Lipinski definition) is 0. The first-order valence-electron chi connectivity index (χ1n) is 18.5. The van der Waals surface area contributed by atoms with Gasteiger partial charge in [0.25, 0.3) is 0 Å². The van der Waals surface area contributed by atoms with Crippen molar-refractivity contribution in [3.63, 3.8) is 0 Å². The summed E-state index contributed by atoms with van der Waals surface area (Å²) in [6, 6.07) is 78.8. The second kappa shape index (κ2) is 13.4. The minimum atomic E-state index is 1.11. The second-order valence-corrected chi connectivity index (χ2v) is 13.8. The third-order valence-electron chi connectivity index (χ3n) is 10.6. The van der Waals surface area contributed by atoms with Crippen LogP contribution in [0, 0.1) is 0 Å². The van der Waals surface area contributed by atoms with Crippen LogP contribution in [0.3, 0.4) is 0 Å². The smallest absolute Gasteiger partial charge is 0.0547 e. The Hall–Kier alpha value is -7.16. The van der Waals surface area contributed by atoms with E-state index in [9.17, 15) is 0 Å². The van der Waals surface area contributed by atoms with Gasteiger partial charge < -0.3 is 9.47 Å². The van der Waals surface area contributed by atoms with E-state index in [0.717, 1.165) is 17.1 Å². The van der Waals surface area contributed by atoms with E-state index in [1.807, 2.05) is 0 Å². The molecule has 0 aliphatic carbocycles. The molecule has 0 spiro atoms. The summed E-state index contributed by atoms with van der Waals surface area (Å²) < 4.78 is 2.38. The van der Waals surface area contributed by atoms with Crippen molar-refractivity contribution >= 4 is 49.6 Å². The number of benzene rings is 9. The Morgan fingerprint density at radius 3 is 1.67 bits per heavy atom. The summed E-state index contributed by atoms with van der Waals surface area (Å²) in [6.45, 7) is 0. The third kappa shape index (κ3) is 5.53. The monoisotopic (exact) mass is 688 g/mol. The summed E-state index contributed by atoms with van der Waals surface area (Å²) in [6.07, 6.45) is 0. The zero-order valence-corrected chi connectivity index (χ0v) is 29.7. The quantitative estimate of drug-likeness (QED) is 0.162. The van der Waals surface area contributed by atoms with E-state index in [-0.39, 0.29) is 0 Å². The highest BCUT2D eigenvalue weighted by Gasteiger charge is 2.20. The van der Waals surface area contributed by atoms with Crippen molar-refractivity contribution < 1.29 is 0 Å². The topological polar surface area (TPSA) is 8.17 Å². The van der Waals surface area contributed by atoms with Crippen LogP contribution in [0.5, 0.6) is 0 Å². The van der Waals surface area contributed by atoms with Crippen LogP contribution in [0.2, 0.25) is 0 Å². The number of anilines is 3. The molecule has 0 fully saturated rings. The first kappa shape index (κ1) is 31.6. The minimum Gasteiger partial charge on any atom is -0.309 e. The van der Waals surface area contributed by atoms with E-state index in [2.05, 4.69) is 228 Å². The van der Waals surface area contributed by atoms with Crippen molar-refractivity contribution in [3.8, 4) is 39.1 Å². The number of rotatable bonds is 7. The zero-order chi connectivity index (χ0) is 35.8. The van der Waals surface area contributed by atoms with E-state index >= 15 is 0 Å². The van der Waals surface area contributed by atoms with Crippen LogP contribution < -0.4 is 4.90 Å². The standard InChI is InChI=1S/C52H36N2/c1-3-14-37(15-4-1)38-30-33-44(34-31-38)53(50-25-13-17-40-16-7-8-20-45(40)50)49-23-11-9-21-46(49)41-28-26-39(27-29-41)42-32-35-48-47-22-10-12-24-51(47)54(52(48)36-42)43-18-5-2-6-19-43/h1-36H. The first-order valence-corrected chi connectivity index (χ1v) is 18.5. The van der Waals surface area contributed by atoms with Gasteiger partial charge in [-0.3, -0.25) is 0 Å². The molecule has 0 saturated carbocycles. The SMILES string of the molecule is c1ccc(-c2ccc(N(c3ccccc3-c3ccc(-c4ccc5c6ccccc6n(-c6ccccc6)c5c4)cc3)c3cccc4ccccc34)cc2)cc1. The highest BCUT2D eigenvalue weighted by atomic mass is 15.1. The van der Waals surface area contributed by atoms with Gasteiger partial charge in [0.05, 0.1) is 22.4 Å². The Bertz CT molecular complexity index is 2900. The van der Waals surface area contributed by atoms with Gasteiger partial charge in [0.15, 0.2) is 0 Å². The largest absolute Gasteiger partial charge is 0.309 e. The Morgan fingerprint density at radius 2 is 0.852 bits per heavy atom. The van der Waals surface area contributed by atoms with Crippen molar-refractivity contribution in [1.29, 1.82) is 0 Å². The highest BCUT2D eigenvalue weighted by Crippen LogP contribution is 2.44. The number of hydrogen-bond acceptors (Lipinski definition) is 1. The van der Waals surface area contributed by atoms with Gasteiger partial charge in [-0.2, -0.15) is 0 Å². The molecule has 2 heteroatoms. The Labute approximate surface area is 315 Å². The Balaban J connectivity index is 1.08. The maximum absolute atomic E-state index is 2.41. The van der Waals surface area contributed by atoms with Gasteiger partial charge in [-0.15, -0.1) is 0 Å². The maximum Gasteiger partial charge on any atom is 0.0547 e. The second-order valence-electron chi connectivity index (χ2n) is 13.8. The molecular formula is C52H36N2. The fraction of sp³-hybridized carbons (Fsp3) is 0. The molecule has 0 atom stereocenters. The van der Waals surface area contributed by atoms with Gasteiger partial charge in [-0.1, -0.05) is 170 Å². The summed E-state index contributed by atoms with van der Waals surface area (Å²) in [5.41, 5.74) is 14.1. The van der Waals surface area contributed by atoms with Gasteiger partial charge in [0.1, 0.15) is 0 Å². The average Bonchev–Trinajstić information content (AvgIpc) is 3.59. The summed E-state index contributed by atoms with van der Waals surface area (Å²) in [4.78, 5) is 2.41. The number of aromatic nitrogens is 1. The van der Waals surface area contributed by atoms with Crippen molar-refractivity contribution in [3.05, 3.63) is 218 Å². The highest BCUT2D eigenvalue weighted by molar-refractivity contribution is 6.10. The first-order chi connectivity index (χ1) is 26.8. The van der Waals surface area contributed by atoms with Gasteiger partial charge in [0, 0.05) is 33.1 Å². The lowest BCUT2D eigenvalue weighted by Gasteiger charge is -2.29. The van der Waals surface area contributed by atoms with Gasteiger partial charge >= 0.3 is 0 Å². The molecule has 10 aromatic rings. The van der Waals surface area contributed by atoms with E-state index < -0.39 is 0 Å². The molecule has 0 saturated heterocycles. The molecule has 1 heterocycles. The number of para-hydroxylation sites is 3. The lowest BCUT2D eigenvalue weighted by Crippen LogP contribution is -2.11. The number of nitrogens with zero attached hydrogens (tertiary/aromatic N) is 2. The van der Waals surface area contributed by atoms with E-state index in [4.69, 9.17) is 0 Å². The van der Waals surface area contributed by atoms with Crippen LogP contribution in [0.4, 0.5) is 17.1 Å². The van der Waals surface area contributed by atoms with Crippen LogP contribution in [0.1, 0.15) is 0 Å². The molecule has 1 aromatic heterocycles. The van der Waals surface area contributed by atoms with Crippen molar-refractivity contribution in [2.24, 2.45) is 0 Å². The van der Waals surface area contributed by atoms with Crippen molar-refractivity contribution in [1.82, 2.24) is 4.57 Å².